The van der Waals surface area contributed by atoms with Crippen LogP contribution in [0.3, 0.4) is 0 Å². The van der Waals surface area contributed by atoms with E-state index in [9.17, 15) is 18.0 Å². The van der Waals surface area contributed by atoms with Crippen molar-refractivity contribution in [2.24, 2.45) is 5.92 Å². The van der Waals surface area contributed by atoms with E-state index in [2.05, 4.69) is 5.32 Å². The molecule has 3 aromatic rings. The van der Waals surface area contributed by atoms with Crippen LogP contribution in [0.1, 0.15) is 49.4 Å². The number of carbonyl (C=O) groups is 2. The summed E-state index contributed by atoms with van der Waals surface area (Å²) in [5, 5.41) is 3.33. The van der Waals surface area contributed by atoms with Crippen molar-refractivity contribution >= 4 is 39.1 Å². The Labute approximate surface area is 249 Å². The van der Waals surface area contributed by atoms with Crippen molar-refractivity contribution in [3.05, 3.63) is 94.0 Å². The third-order valence-electron chi connectivity index (χ3n) is 7.07. The number of rotatable bonds is 12. The van der Waals surface area contributed by atoms with Crippen LogP contribution in [0, 0.1) is 26.7 Å². The van der Waals surface area contributed by atoms with E-state index in [0.717, 1.165) is 21.0 Å². The van der Waals surface area contributed by atoms with Gasteiger partial charge in [0.25, 0.3) is 10.0 Å². The van der Waals surface area contributed by atoms with Crippen LogP contribution in [0.5, 0.6) is 0 Å². The molecule has 0 aliphatic heterocycles. The minimum absolute atomic E-state index is 0.0578. The Morgan fingerprint density at radius 3 is 2.20 bits per heavy atom. The van der Waals surface area contributed by atoms with Crippen molar-refractivity contribution in [2.45, 2.75) is 65.4 Å². The second-order valence-corrected chi connectivity index (χ2v) is 13.0. The van der Waals surface area contributed by atoms with Gasteiger partial charge in [-0.05, 0) is 74.1 Å². The van der Waals surface area contributed by atoms with Crippen molar-refractivity contribution in [2.75, 3.05) is 17.4 Å². The topological polar surface area (TPSA) is 86.8 Å². The Balaban J connectivity index is 2.10. The molecule has 0 fully saturated rings. The van der Waals surface area contributed by atoms with Crippen LogP contribution >= 0.6 is 11.6 Å². The number of anilines is 1. The summed E-state index contributed by atoms with van der Waals surface area (Å²) in [5.74, 6) is -0.525. The molecular weight excluding hydrogens is 558 g/mol. The summed E-state index contributed by atoms with van der Waals surface area (Å²) in [6.07, 6.45) is 0.364. The van der Waals surface area contributed by atoms with Gasteiger partial charge in [-0.15, -0.1) is 0 Å². The van der Waals surface area contributed by atoms with E-state index in [1.807, 2.05) is 58.9 Å². The van der Waals surface area contributed by atoms with Gasteiger partial charge in [0.05, 0.1) is 10.6 Å². The first-order valence-electron chi connectivity index (χ1n) is 13.8. The number of nitrogens with one attached hydrogen (secondary N) is 1. The molecule has 7 nitrogen and oxygen atoms in total. The summed E-state index contributed by atoms with van der Waals surface area (Å²) in [5.41, 5.74) is 3.60. The zero-order valence-corrected chi connectivity index (χ0v) is 26.2. The van der Waals surface area contributed by atoms with Gasteiger partial charge in [0, 0.05) is 18.1 Å². The minimum atomic E-state index is -4.17. The fourth-order valence-electron chi connectivity index (χ4n) is 4.53. The van der Waals surface area contributed by atoms with Crippen LogP contribution in [0.15, 0.2) is 71.6 Å². The van der Waals surface area contributed by atoms with Gasteiger partial charge in [-0.3, -0.25) is 13.9 Å². The molecule has 0 saturated carbocycles. The molecular formula is C32H40ClN3O4S. The molecule has 0 aromatic heterocycles. The summed E-state index contributed by atoms with van der Waals surface area (Å²) in [7, 11) is -4.17. The number of nitrogens with zero attached hydrogens (tertiary/aromatic N) is 2. The smallest absolute Gasteiger partial charge is 0.264 e. The minimum Gasteiger partial charge on any atom is -0.354 e. The van der Waals surface area contributed by atoms with Gasteiger partial charge in [0.2, 0.25) is 11.8 Å². The molecule has 1 N–H and O–H groups in total. The summed E-state index contributed by atoms with van der Waals surface area (Å²) in [6.45, 7) is 11.5. The number of carbonyl (C=O) groups excluding carboxylic acids is 2. The monoisotopic (exact) mass is 597 g/mol. The number of hydrogen-bond donors (Lipinski definition) is 1. The fourth-order valence-corrected chi connectivity index (χ4v) is 6.17. The Hall–Kier alpha value is -3.36. The van der Waals surface area contributed by atoms with Gasteiger partial charge in [0.1, 0.15) is 12.6 Å². The highest BCUT2D eigenvalue weighted by Crippen LogP contribution is 2.31. The maximum atomic E-state index is 14.2. The Morgan fingerprint density at radius 1 is 0.927 bits per heavy atom. The molecule has 41 heavy (non-hydrogen) atoms. The molecule has 2 amide bonds. The highest BCUT2D eigenvalue weighted by atomic mass is 35.5. The number of amides is 2. The van der Waals surface area contributed by atoms with E-state index in [0.29, 0.717) is 29.2 Å². The molecule has 3 aromatic carbocycles. The van der Waals surface area contributed by atoms with Crippen molar-refractivity contribution in [3.8, 4) is 0 Å². The molecule has 1 atom stereocenters. The highest BCUT2D eigenvalue weighted by Gasteiger charge is 2.34. The van der Waals surface area contributed by atoms with Crippen LogP contribution in [-0.4, -0.2) is 44.3 Å². The van der Waals surface area contributed by atoms with Crippen molar-refractivity contribution in [3.63, 3.8) is 0 Å². The van der Waals surface area contributed by atoms with E-state index in [1.165, 1.54) is 17.0 Å². The lowest BCUT2D eigenvalue weighted by atomic mass is 10.1. The van der Waals surface area contributed by atoms with Gasteiger partial charge in [-0.25, -0.2) is 8.42 Å². The second-order valence-electron chi connectivity index (χ2n) is 10.7. The van der Waals surface area contributed by atoms with E-state index < -0.39 is 28.5 Å². The van der Waals surface area contributed by atoms with Crippen LogP contribution in [0.2, 0.25) is 5.02 Å². The predicted octanol–water partition coefficient (Wildman–Crippen LogP) is 6.04. The number of hydrogen-bond acceptors (Lipinski definition) is 4. The molecule has 220 valence electrons. The van der Waals surface area contributed by atoms with Gasteiger partial charge >= 0.3 is 0 Å². The molecule has 0 spiro atoms. The van der Waals surface area contributed by atoms with Crippen LogP contribution in [-0.2, 0) is 26.2 Å². The predicted molar refractivity (Wildman–Crippen MR) is 166 cm³/mol. The first-order chi connectivity index (χ1) is 19.4. The highest BCUT2D eigenvalue weighted by molar-refractivity contribution is 7.92. The third-order valence-corrected chi connectivity index (χ3v) is 9.25. The maximum Gasteiger partial charge on any atom is 0.264 e. The van der Waals surface area contributed by atoms with Gasteiger partial charge in [0.15, 0.2) is 0 Å². The van der Waals surface area contributed by atoms with E-state index in [-0.39, 0.29) is 23.3 Å². The average Bonchev–Trinajstić information content (AvgIpc) is 2.93. The Kier molecular flexibility index (Phi) is 11.0. The third kappa shape index (κ3) is 7.89. The Morgan fingerprint density at radius 2 is 1.59 bits per heavy atom. The zero-order valence-electron chi connectivity index (χ0n) is 24.6. The zero-order chi connectivity index (χ0) is 30.3. The molecule has 0 aliphatic rings. The molecule has 0 heterocycles. The lowest BCUT2D eigenvalue weighted by molar-refractivity contribution is -0.140. The first kappa shape index (κ1) is 32.2. The molecule has 0 aliphatic carbocycles. The molecule has 3 rings (SSSR count). The normalized spacial score (nSPS) is 12.2. The fraction of sp³-hybridized carbons (Fsp3) is 0.375. The van der Waals surface area contributed by atoms with Gasteiger partial charge in [-0.2, -0.15) is 0 Å². The van der Waals surface area contributed by atoms with Crippen molar-refractivity contribution in [1.82, 2.24) is 10.2 Å². The SMILES string of the molecule is CC[C@@H](C(=O)NCC(C)C)N(Cc1ccccc1C)C(=O)CN(c1cccc(Cl)c1C)S(=O)(=O)c1ccc(C)cc1. The lowest BCUT2D eigenvalue weighted by Crippen LogP contribution is -2.52. The summed E-state index contributed by atoms with van der Waals surface area (Å²) in [4.78, 5) is 29.1. The van der Waals surface area contributed by atoms with E-state index >= 15 is 0 Å². The van der Waals surface area contributed by atoms with E-state index in [1.54, 1.807) is 37.3 Å². The number of aryl methyl sites for hydroxylation is 2. The molecule has 0 bridgehead atoms. The summed E-state index contributed by atoms with van der Waals surface area (Å²) in [6, 6.07) is 18.3. The quantitative estimate of drug-likeness (QED) is 0.276. The Bertz CT molecular complexity index is 1470. The van der Waals surface area contributed by atoms with Crippen LogP contribution in [0.25, 0.3) is 0 Å². The van der Waals surface area contributed by atoms with Gasteiger partial charge in [-0.1, -0.05) is 80.4 Å². The van der Waals surface area contributed by atoms with Gasteiger partial charge < -0.3 is 10.2 Å². The van der Waals surface area contributed by atoms with Crippen molar-refractivity contribution < 1.29 is 18.0 Å². The molecule has 9 heteroatoms. The van der Waals surface area contributed by atoms with Crippen LogP contribution < -0.4 is 9.62 Å². The molecule has 0 radical (unpaired) electrons. The maximum absolute atomic E-state index is 14.2. The first-order valence-corrected chi connectivity index (χ1v) is 15.6. The number of benzene rings is 3. The lowest BCUT2D eigenvalue weighted by Gasteiger charge is -2.34. The largest absolute Gasteiger partial charge is 0.354 e. The average molecular weight is 598 g/mol. The molecule has 0 saturated heterocycles. The van der Waals surface area contributed by atoms with Crippen LogP contribution in [0.4, 0.5) is 5.69 Å². The number of halogens is 1. The standard InChI is InChI=1S/C32H40ClN3O4S/c1-7-29(32(38)34-19-22(2)3)35(20-26-12-9-8-11-24(26)5)31(37)21-36(30-14-10-13-28(33)25(30)6)41(39,40)27-17-15-23(4)16-18-27/h8-18,22,29H,7,19-21H2,1-6H3,(H,34,38)/t29-/m0/s1. The second kappa shape index (κ2) is 14.0. The molecule has 0 unspecified atom stereocenters. The summed E-state index contributed by atoms with van der Waals surface area (Å²) >= 11 is 6.40. The number of sulfonamides is 1. The summed E-state index contributed by atoms with van der Waals surface area (Å²) < 4.78 is 29.2. The van der Waals surface area contributed by atoms with E-state index in [4.69, 9.17) is 11.6 Å². The van der Waals surface area contributed by atoms with Crippen molar-refractivity contribution in [1.29, 1.82) is 0 Å².